The first-order valence-corrected chi connectivity index (χ1v) is 5.68. The zero-order valence-corrected chi connectivity index (χ0v) is 9.92. The summed E-state index contributed by atoms with van der Waals surface area (Å²) in [7, 11) is 0.900. The standard InChI is InChI=1S/C9H11ISi/c1-9(2,10)11-8-6-4-3-5-7-8/h3-7H,1-2H3. The van der Waals surface area contributed by atoms with Gasteiger partial charge in [0.1, 0.15) is 0 Å². The highest BCUT2D eigenvalue weighted by Gasteiger charge is 2.13. The fourth-order valence-electron chi connectivity index (χ4n) is 0.865. The fraction of sp³-hybridized carbons (Fsp3) is 0.333. The van der Waals surface area contributed by atoms with Crippen molar-refractivity contribution in [2.75, 3.05) is 0 Å². The van der Waals surface area contributed by atoms with E-state index in [2.05, 4.69) is 66.8 Å². The first-order valence-electron chi connectivity index (χ1n) is 3.60. The highest BCUT2D eigenvalue weighted by molar-refractivity contribution is 14.1. The van der Waals surface area contributed by atoms with E-state index in [0.29, 0.717) is 3.04 Å². The molecule has 0 aliphatic heterocycles. The Bertz CT molecular complexity index is 213. The lowest BCUT2D eigenvalue weighted by Crippen LogP contribution is -2.30. The van der Waals surface area contributed by atoms with Gasteiger partial charge in [-0.2, -0.15) is 0 Å². The van der Waals surface area contributed by atoms with Crippen LogP contribution in [-0.2, 0) is 0 Å². The van der Waals surface area contributed by atoms with Crippen LogP contribution >= 0.6 is 22.6 Å². The zero-order chi connectivity index (χ0) is 8.32. The molecule has 0 nitrogen and oxygen atoms in total. The van der Waals surface area contributed by atoms with Crippen molar-refractivity contribution in [3.63, 3.8) is 0 Å². The maximum absolute atomic E-state index is 2.49. The molecule has 0 saturated carbocycles. The van der Waals surface area contributed by atoms with Crippen LogP contribution in [0.4, 0.5) is 0 Å². The van der Waals surface area contributed by atoms with Crippen LogP contribution in [0.2, 0.25) is 0 Å². The van der Waals surface area contributed by atoms with Gasteiger partial charge in [0.25, 0.3) is 0 Å². The van der Waals surface area contributed by atoms with Gasteiger partial charge in [-0.1, -0.05) is 72.0 Å². The summed E-state index contributed by atoms with van der Waals surface area (Å²) in [6.45, 7) is 4.53. The lowest BCUT2D eigenvalue weighted by Gasteiger charge is -2.13. The summed E-state index contributed by atoms with van der Waals surface area (Å²) < 4.78 is 0.402. The zero-order valence-electron chi connectivity index (χ0n) is 6.76. The molecule has 1 aromatic rings. The van der Waals surface area contributed by atoms with Crippen LogP contribution in [0, 0.1) is 0 Å². The molecule has 11 heavy (non-hydrogen) atoms. The molecule has 1 rings (SSSR count). The maximum atomic E-state index is 2.49. The second-order valence-electron chi connectivity index (χ2n) is 2.96. The molecule has 0 atom stereocenters. The molecule has 2 heteroatoms. The second-order valence-corrected chi connectivity index (χ2v) is 8.76. The quantitative estimate of drug-likeness (QED) is 0.440. The van der Waals surface area contributed by atoms with Crippen LogP contribution in [-0.4, -0.2) is 12.6 Å². The Kier molecular flexibility index (Phi) is 3.13. The number of hydrogen-bond donors (Lipinski definition) is 0. The van der Waals surface area contributed by atoms with Gasteiger partial charge >= 0.3 is 0 Å². The van der Waals surface area contributed by atoms with Crippen molar-refractivity contribution in [3.05, 3.63) is 30.3 Å². The number of rotatable bonds is 2. The van der Waals surface area contributed by atoms with Crippen LogP contribution in [0.5, 0.6) is 0 Å². The summed E-state index contributed by atoms with van der Waals surface area (Å²) in [5.74, 6) is 0. The molecule has 0 fully saturated rings. The number of halogens is 1. The van der Waals surface area contributed by atoms with E-state index in [1.807, 2.05) is 0 Å². The SMILES string of the molecule is CC(C)(I)[Si]c1ccccc1. The predicted octanol–water partition coefficient (Wildman–Crippen LogP) is 2.19. The first kappa shape index (κ1) is 9.26. The molecule has 0 heterocycles. The van der Waals surface area contributed by atoms with Crippen LogP contribution in [0.15, 0.2) is 30.3 Å². The Balaban J connectivity index is 2.66. The third-order valence-corrected chi connectivity index (χ3v) is 3.24. The average molecular weight is 274 g/mol. The van der Waals surface area contributed by atoms with Crippen LogP contribution in [0.25, 0.3) is 0 Å². The van der Waals surface area contributed by atoms with Gasteiger partial charge < -0.3 is 0 Å². The Morgan fingerprint density at radius 3 is 2.18 bits per heavy atom. The van der Waals surface area contributed by atoms with Gasteiger partial charge in [0.15, 0.2) is 0 Å². The van der Waals surface area contributed by atoms with Crippen molar-refractivity contribution >= 4 is 37.3 Å². The normalized spacial score (nSPS) is 11.5. The molecule has 0 N–H and O–H groups in total. The van der Waals surface area contributed by atoms with E-state index in [-0.39, 0.29) is 0 Å². The third-order valence-electron chi connectivity index (χ3n) is 1.22. The first-order chi connectivity index (χ1) is 5.08. The number of benzene rings is 1. The minimum Gasteiger partial charge on any atom is -0.0831 e. The van der Waals surface area contributed by atoms with E-state index in [4.69, 9.17) is 0 Å². The molecule has 1 aromatic carbocycles. The van der Waals surface area contributed by atoms with Gasteiger partial charge in [0.05, 0.1) is 9.52 Å². The van der Waals surface area contributed by atoms with E-state index in [1.54, 1.807) is 0 Å². The molecular weight excluding hydrogens is 263 g/mol. The topological polar surface area (TPSA) is 0 Å². The van der Waals surface area contributed by atoms with E-state index < -0.39 is 0 Å². The highest BCUT2D eigenvalue weighted by atomic mass is 127. The van der Waals surface area contributed by atoms with Gasteiger partial charge in [-0.05, 0) is 0 Å². The lowest BCUT2D eigenvalue weighted by molar-refractivity contribution is 1.05. The summed E-state index contributed by atoms with van der Waals surface area (Å²) in [4.78, 5) is 0. The summed E-state index contributed by atoms with van der Waals surface area (Å²) in [6, 6.07) is 10.7. The van der Waals surface area contributed by atoms with Crippen molar-refractivity contribution in [1.29, 1.82) is 0 Å². The molecule has 58 valence electrons. The van der Waals surface area contributed by atoms with Crippen LogP contribution in [0.1, 0.15) is 13.8 Å². The van der Waals surface area contributed by atoms with E-state index >= 15 is 0 Å². The van der Waals surface area contributed by atoms with Gasteiger partial charge in [0, 0.05) is 3.04 Å². The molecule has 0 aliphatic carbocycles. The van der Waals surface area contributed by atoms with Gasteiger partial charge in [-0.3, -0.25) is 0 Å². The van der Waals surface area contributed by atoms with Gasteiger partial charge in [-0.15, -0.1) is 0 Å². The maximum Gasteiger partial charge on any atom is 0.0998 e. The van der Waals surface area contributed by atoms with Crippen LogP contribution in [0.3, 0.4) is 0 Å². The molecule has 0 aliphatic rings. The summed E-state index contributed by atoms with van der Waals surface area (Å²) in [5, 5.41) is 1.45. The number of alkyl halides is 1. The molecule has 0 amide bonds. The predicted molar refractivity (Wildman–Crippen MR) is 59.9 cm³/mol. The Labute approximate surface area is 84.4 Å². The van der Waals surface area contributed by atoms with E-state index in [9.17, 15) is 0 Å². The Hall–Kier alpha value is 0.167. The second kappa shape index (κ2) is 3.71. The third kappa shape index (κ3) is 3.91. The molecule has 2 radical (unpaired) electrons. The fourth-order valence-corrected chi connectivity index (χ4v) is 2.84. The highest BCUT2D eigenvalue weighted by Crippen LogP contribution is 2.13. The van der Waals surface area contributed by atoms with E-state index in [0.717, 1.165) is 9.52 Å². The van der Waals surface area contributed by atoms with E-state index in [1.165, 1.54) is 5.19 Å². The lowest BCUT2D eigenvalue weighted by atomic mass is 10.4. The molecule has 0 spiro atoms. The molecule has 0 bridgehead atoms. The number of hydrogen-bond acceptors (Lipinski definition) is 0. The molecule has 0 saturated heterocycles. The minimum absolute atomic E-state index is 0.402. The Morgan fingerprint density at radius 1 is 1.18 bits per heavy atom. The molecule has 0 unspecified atom stereocenters. The monoisotopic (exact) mass is 274 g/mol. The minimum atomic E-state index is 0.402. The average Bonchev–Trinajstić information content (AvgIpc) is 1.85. The van der Waals surface area contributed by atoms with Gasteiger partial charge in [-0.25, -0.2) is 0 Å². The van der Waals surface area contributed by atoms with Crippen molar-refractivity contribution < 1.29 is 0 Å². The van der Waals surface area contributed by atoms with Crippen molar-refractivity contribution in [1.82, 2.24) is 0 Å². The molecular formula is C9H11ISi. The summed E-state index contributed by atoms with van der Waals surface area (Å²) >= 11 is 2.49. The summed E-state index contributed by atoms with van der Waals surface area (Å²) in [6.07, 6.45) is 0. The largest absolute Gasteiger partial charge is 0.0998 e. The molecule has 0 aromatic heterocycles. The van der Waals surface area contributed by atoms with Crippen molar-refractivity contribution in [2.45, 2.75) is 16.9 Å². The smallest absolute Gasteiger partial charge is 0.0831 e. The van der Waals surface area contributed by atoms with Crippen LogP contribution < -0.4 is 5.19 Å². The Morgan fingerprint density at radius 2 is 1.73 bits per heavy atom. The van der Waals surface area contributed by atoms with Crippen molar-refractivity contribution in [2.24, 2.45) is 0 Å². The summed E-state index contributed by atoms with van der Waals surface area (Å²) in [5.41, 5.74) is 0. The van der Waals surface area contributed by atoms with Gasteiger partial charge in [0.2, 0.25) is 0 Å². The van der Waals surface area contributed by atoms with Crippen molar-refractivity contribution in [3.8, 4) is 0 Å².